The van der Waals surface area contributed by atoms with Crippen molar-refractivity contribution in [2.45, 2.75) is 20.3 Å². The molecule has 0 aliphatic heterocycles. The number of methoxy groups -OCH3 is 1. The molecule has 13 heavy (non-hydrogen) atoms. The average Bonchev–Trinajstić information content (AvgIpc) is 2.10. The van der Waals surface area contributed by atoms with Gasteiger partial charge in [-0.2, -0.15) is 0 Å². The van der Waals surface area contributed by atoms with Crippen LogP contribution in [-0.4, -0.2) is 30.7 Å². The lowest BCUT2D eigenvalue weighted by molar-refractivity contribution is -0.132. The van der Waals surface area contributed by atoms with Crippen LogP contribution in [0.4, 0.5) is 0 Å². The smallest absolute Gasteiger partial charge is 0.351 e. The molecule has 0 saturated carbocycles. The Hall–Kier alpha value is -0.770. The molecule has 0 aromatic carbocycles. The van der Waals surface area contributed by atoms with Crippen LogP contribution in [0.15, 0.2) is 4.99 Å². The number of hydrogen-bond donors (Lipinski definition) is 0. The second-order valence-corrected chi connectivity index (χ2v) is 3.38. The highest BCUT2D eigenvalue weighted by Gasteiger charge is 2.12. The number of thiocarbonyl (C=S) groups is 1. The lowest BCUT2D eigenvalue weighted by atomic mass is 10.1. The summed E-state index contributed by atoms with van der Waals surface area (Å²) >= 11 is 4.62. The monoisotopic (exact) mass is 201 g/mol. The van der Waals surface area contributed by atoms with E-state index in [2.05, 4.69) is 21.9 Å². The van der Waals surface area contributed by atoms with Crippen LogP contribution in [0.2, 0.25) is 0 Å². The van der Waals surface area contributed by atoms with Gasteiger partial charge in [0.05, 0.1) is 13.7 Å². The molecule has 74 valence electrons. The zero-order chi connectivity index (χ0) is 10.3. The van der Waals surface area contributed by atoms with E-state index in [9.17, 15) is 4.79 Å². The van der Waals surface area contributed by atoms with Gasteiger partial charge in [-0.25, -0.2) is 4.79 Å². The van der Waals surface area contributed by atoms with E-state index in [1.54, 1.807) is 0 Å². The largest absolute Gasteiger partial charge is 0.465 e. The number of hydrogen-bond acceptors (Lipinski definition) is 4. The molecule has 0 N–H and O–H groups in total. The maximum Gasteiger partial charge on any atom is 0.351 e. The lowest BCUT2D eigenvalue weighted by Gasteiger charge is -2.06. The number of nitrogens with zero attached hydrogens (tertiary/aromatic N) is 1. The first-order valence-corrected chi connectivity index (χ1v) is 4.64. The zero-order valence-electron chi connectivity index (χ0n) is 8.24. The maximum absolute atomic E-state index is 11.2. The highest BCUT2D eigenvalue weighted by Crippen LogP contribution is 2.03. The molecule has 4 heteroatoms. The van der Waals surface area contributed by atoms with Crippen LogP contribution in [0, 0.1) is 5.92 Å². The molecule has 0 aliphatic carbocycles. The Morgan fingerprint density at radius 2 is 2.23 bits per heavy atom. The van der Waals surface area contributed by atoms with Gasteiger partial charge >= 0.3 is 5.97 Å². The van der Waals surface area contributed by atoms with E-state index < -0.39 is 0 Å². The van der Waals surface area contributed by atoms with Crippen molar-refractivity contribution in [3.05, 3.63) is 0 Å². The van der Waals surface area contributed by atoms with Crippen molar-refractivity contribution < 1.29 is 9.53 Å². The molecule has 0 unspecified atom stereocenters. The Bertz CT molecular complexity index is 212. The Morgan fingerprint density at radius 3 is 2.62 bits per heavy atom. The Balaban J connectivity index is 4.35. The van der Waals surface area contributed by atoms with Crippen molar-refractivity contribution in [2.24, 2.45) is 10.9 Å². The fraction of sp³-hybridized carbons (Fsp3) is 0.667. The molecule has 0 spiro atoms. The van der Waals surface area contributed by atoms with E-state index in [0.717, 1.165) is 0 Å². The number of carbonyl (C=O) groups is 1. The van der Waals surface area contributed by atoms with Crippen LogP contribution in [0.3, 0.4) is 0 Å². The summed E-state index contributed by atoms with van der Waals surface area (Å²) in [6.45, 7) is 4.44. The van der Waals surface area contributed by atoms with Crippen molar-refractivity contribution in [1.82, 2.24) is 0 Å². The van der Waals surface area contributed by atoms with Crippen molar-refractivity contribution in [3.8, 4) is 0 Å². The van der Waals surface area contributed by atoms with Gasteiger partial charge in [-0.3, -0.25) is 4.99 Å². The minimum absolute atomic E-state index is 0.356. The van der Waals surface area contributed by atoms with Crippen molar-refractivity contribution >= 4 is 29.3 Å². The zero-order valence-corrected chi connectivity index (χ0v) is 9.06. The highest BCUT2D eigenvalue weighted by atomic mass is 32.1. The molecule has 0 amide bonds. The number of rotatable bonds is 5. The minimum Gasteiger partial charge on any atom is -0.465 e. The minimum atomic E-state index is -0.356. The summed E-state index contributed by atoms with van der Waals surface area (Å²) in [6, 6.07) is 0. The Labute approximate surface area is 84.2 Å². The molecule has 0 saturated heterocycles. The molecule has 0 radical (unpaired) electrons. The fourth-order valence-electron chi connectivity index (χ4n) is 0.864. The normalized spacial score (nSPS) is 11.5. The summed E-state index contributed by atoms with van der Waals surface area (Å²) in [4.78, 5) is 15.2. The Kier molecular flexibility index (Phi) is 6.32. The number of aliphatic imine (C=N–C) groups is 1. The van der Waals surface area contributed by atoms with E-state index in [-0.39, 0.29) is 5.97 Å². The van der Waals surface area contributed by atoms with Gasteiger partial charge in [0.15, 0.2) is 0 Å². The van der Waals surface area contributed by atoms with E-state index >= 15 is 0 Å². The Morgan fingerprint density at radius 1 is 1.62 bits per heavy atom. The van der Waals surface area contributed by atoms with Crippen LogP contribution >= 0.6 is 12.2 Å². The van der Waals surface area contributed by atoms with E-state index in [1.165, 1.54) is 12.5 Å². The molecule has 0 aliphatic rings. The van der Waals surface area contributed by atoms with Crippen LogP contribution < -0.4 is 0 Å². The van der Waals surface area contributed by atoms with Gasteiger partial charge in [-0.1, -0.05) is 26.1 Å². The van der Waals surface area contributed by atoms with E-state index in [4.69, 9.17) is 0 Å². The number of esters is 1. The first kappa shape index (κ1) is 12.2. The second kappa shape index (κ2) is 6.71. The van der Waals surface area contributed by atoms with Crippen LogP contribution in [0.5, 0.6) is 0 Å². The quantitative estimate of drug-likeness (QED) is 0.385. The number of carbonyl (C=O) groups excluding carboxylic acids is 1. The highest BCUT2D eigenvalue weighted by molar-refractivity contribution is 7.79. The fourth-order valence-corrected chi connectivity index (χ4v) is 0.939. The first-order valence-electron chi connectivity index (χ1n) is 4.17. The molecule has 0 aromatic rings. The van der Waals surface area contributed by atoms with E-state index in [1.807, 2.05) is 13.8 Å². The van der Waals surface area contributed by atoms with Gasteiger partial charge < -0.3 is 4.74 Å². The van der Waals surface area contributed by atoms with Gasteiger partial charge in [0, 0.05) is 5.37 Å². The van der Waals surface area contributed by atoms with E-state index in [0.29, 0.717) is 24.6 Å². The standard InChI is InChI=1S/C9H15NO2S/c1-7(2)6-8(9(11)12-3)10-4-5-13/h5,7H,4,6H2,1-3H3. The summed E-state index contributed by atoms with van der Waals surface area (Å²) < 4.78 is 4.59. The molecular formula is C9H15NO2S. The predicted molar refractivity (Wildman–Crippen MR) is 57.4 cm³/mol. The summed E-state index contributed by atoms with van der Waals surface area (Å²) in [6.07, 6.45) is 0.635. The first-order chi connectivity index (χ1) is 6.11. The molecule has 0 bridgehead atoms. The van der Waals surface area contributed by atoms with Crippen molar-refractivity contribution in [3.63, 3.8) is 0 Å². The van der Waals surface area contributed by atoms with Gasteiger partial charge in [0.2, 0.25) is 0 Å². The second-order valence-electron chi connectivity index (χ2n) is 3.04. The predicted octanol–water partition coefficient (Wildman–Crippen LogP) is 1.65. The molecule has 0 fully saturated rings. The van der Waals surface area contributed by atoms with Crippen molar-refractivity contribution in [2.75, 3.05) is 13.7 Å². The average molecular weight is 201 g/mol. The molecule has 3 nitrogen and oxygen atoms in total. The molecule has 0 heterocycles. The van der Waals surface area contributed by atoms with Crippen LogP contribution in [0.1, 0.15) is 20.3 Å². The SMILES string of the molecule is COC(=O)C(CC(C)C)=NCC=S. The maximum atomic E-state index is 11.2. The van der Waals surface area contributed by atoms with Gasteiger partial charge in [-0.05, 0) is 12.3 Å². The van der Waals surface area contributed by atoms with Crippen LogP contribution in [0.25, 0.3) is 0 Å². The number of ether oxygens (including phenoxy) is 1. The third-order valence-corrected chi connectivity index (χ3v) is 1.53. The third kappa shape index (κ3) is 5.47. The molecule has 0 rings (SSSR count). The topological polar surface area (TPSA) is 38.7 Å². The summed E-state index contributed by atoms with van der Waals surface area (Å²) in [5, 5.41) is 1.49. The van der Waals surface area contributed by atoms with Crippen LogP contribution in [-0.2, 0) is 9.53 Å². The van der Waals surface area contributed by atoms with Gasteiger partial charge in [0.25, 0.3) is 0 Å². The summed E-state index contributed by atoms with van der Waals surface area (Å²) in [7, 11) is 1.36. The summed E-state index contributed by atoms with van der Waals surface area (Å²) in [5.41, 5.74) is 0.471. The third-order valence-electron chi connectivity index (χ3n) is 1.38. The molecular weight excluding hydrogens is 186 g/mol. The van der Waals surface area contributed by atoms with Crippen molar-refractivity contribution in [1.29, 1.82) is 0 Å². The molecule has 0 atom stereocenters. The lowest BCUT2D eigenvalue weighted by Crippen LogP contribution is -2.18. The van der Waals surface area contributed by atoms with Gasteiger partial charge in [-0.15, -0.1) is 0 Å². The molecule has 0 aromatic heterocycles. The summed E-state index contributed by atoms with van der Waals surface area (Å²) in [5.74, 6) is 0.0357. The van der Waals surface area contributed by atoms with Gasteiger partial charge in [0.1, 0.15) is 5.71 Å².